The van der Waals surface area contributed by atoms with Crippen molar-refractivity contribution in [1.82, 2.24) is 5.32 Å². The number of halogens is 1. The zero-order chi connectivity index (χ0) is 14.5. The Morgan fingerprint density at radius 2 is 1.95 bits per heavy atom. The molecule has 0 heterocycles. The Hall–Kier alpha value is -1.32. The molecule has 2 nitrogen and oxygen atoms in total. The van der Waals surface area contributed by atoms with E-state index in [9.17, 15) is 0 Å². The summed E-state index contributed by atoms with van der Waals surface area (Å²) in [6, 6.07) is 14.9. The molecule has 0 amide bonds. The minimum atomic E-state index is 0.181. The van der Waals surface area contributed by atoms with Crippen molar-refractivity contribution in [3.63, 3.8) is 0 Å². The van der Waals surface area contributed by atoms with Gasteiger partial charge in [-0.3, -0.25) is 0 Å². The molecule has 2 aromatic carbocycles. The molecule has 0 aliphatic heterocycles. The average molecular weight is 334 g/mol. The third-order valence-electron chi connectivity index (χ3n) is 3.38. The van der Waals surface area contributed by atoms with E-state index in [-0.39, 0.29) is 6.04 Å². The minimum Gasteiger partial charge on any atom is -0.496 e. The molecule has 106 valence electrons. The summed E-state index contributed by atoms with van der Waals surface area (Å²) in [7, 11) is 1.71. The van der Waals surface area contributed by atoms with Crippen LogP contribution in [-0.4, -0.2) is 13.7 Å². The average Bonchev–Trinajstić information content (AvgIpc) is 2.46. The highest BCUT2D eigenvalue weighted by Gasteiger charge is 2.16. The highest BCUT2D eigenvalue weighted by Crippen LogP contribution is 2.30. The molecule has 0 aliphatic carbocycles. The molecule has 0 aliphatic rings. The lowest BCUT2D eigenvalue weighted by atomic mass is 9.97. The van der Waals surface area contributed by atoms with E-state index in [1.165, 1.54) is 11.1 Å². The largest absolute Gasteiger partial charge is 0.496 e. The van der Waals surface area contributed by atoms with E-state index in [1.54, 1.807) is 7.11 Å². The van der Waals surface area contributed by atoms with Crippen molar-refractivity contribution >= 4 is 15.9 Å². The molecule has 1 N–H and O–H groups in total. The summed E-state index contributed by atoms with van der Waals surface area (Å²) in [6.45, 7) is 5.11. The summed E-state index contributed by atoms with van der Waals surface area (Å²) >= 11 is 3.65. The number of rotatable bonds is 5. The van der Waals surface area contributed by atoms with E-state index >= 15 is 0 Å². The van der Waals surface area contributed by atoms with Crippen LogP contribution >= 0.6 is 15.9 Å². The fourth-order valence-corrected chi connectivity index (χ4v) is 2.92. The third kappa shape index (κ3) is 3.22. The topological polar surface area (TPSA) is 21.3 Å². The maximum absolute atomic E-state index is 5.34. The molecule has 0 saturated carbocycles. The van der Waals surface area contributed by atoms with Crippen LogP contribution in [0.4, 0.5) is 0 Å². The van der Waals surface area contributed by atoms with Crippen molar-refractivity contribution in [2.24, 2.45) is 0 Å². The van der Waals surface area contributed by atoms with Crippen molar-refractivity contribution in [2.45, 2.75) is 19.9 Å². The molecule has 2 aromatic rings. The van der Waals surface area contributed by atoms with Gasteiger partial charge in [0.25, 0.3) is 0 Å². The fourth-order valence-electron chi connectivity index (χ4n) is 2.40. The fraction of sp³-hybridized carbons (Fsp3) is 0.294. The Morgan fingerprint density at radius 1 is 1.20 bits per heavy atom. The first-order valence-electron chi connectivity index (χ1n) is 6.79. The van der Waals surface area contributed by atoms with Crippen molar-refractivity contribution in [3.8, 4) is 5.75 Å². The predicted octanol–water partition coefficient (Wildman–Crippen LogP) is 4.47. The van der Waals surface area contributed by atoms with E-state index in [4.69, 9.17) is 4.74 Å². The van der Waals surface area contributed by atoms with Crippen LogP contribution in [0.1, 0.15) is 29.7 Å². The number of nitrogens with one attached hydrogen (secondary N) is 1. The van der Waals surface area contributed by atoms with Gasteiger partial charge in [-0.2, -0.15) is 0 Å². The van der Waals surface area contributed by atoms with Gasteiger partial charge in [0.15, 0.2) is 0 Å². The van der Waals surface area contributed by atoms with Gasteiger partial charge in [0.05, 0.1) is 13.2 Å². The number of benzene rings is 2. The summed E-state index contributed by atoms with van der Waals surface area (Å²) in [5, 5.41) is 3.55. The number of methoxy groups -OCH3 is 1. The Labute approximate surface area is 129 Å². The SMILES string of the molecule is CCNC(c1ccc(OC)c(C)c1)c1ccccc1Br. The summed E-state index contributed by atoms with van der Waals surface area (Å²) in [5.41, 5.74) is 3.65. The van der Waals surface area contributed by atoms with Crippen LogP contribution in [-0.2, 0) is 0 Å². The zero-order valence-corrected chi connectivity index (χ0v) is 13.7. The molecule has 0 aromatic heterocycles. The quantitative estimate of drug-likeness (QED) is 0.871. The predicted molar refractivity (Wildman–Crippen MR) is 87.4 cm³/mol. The van der Waals surface area contributed by atoms with Crippen LogP contribution in [0, 0.1) is 6.92 Å². The second-order valence-electron chi connectivity index (χ2n) is 4.74. The first-order chi connectivity index (χ1) is 9.67. The number of hydrogen-bond donors (Lipinski definition) is 1. The monoisotopic (exact) mass is 333 g/mol. The highest BCUT2D eigenvalue weighted by atomic mass is 79.9. The van der Waals surface area contributed by atoms with Crippen LogP contribution in [0.15, 0.2) is 46.9 Å². The first-order valence-corrected chi connectivity index (χ1v) is 7.59. The molecule has 0 saturated heterocycles. The van der Waals surface area contributed by atoms with Crippen LogP contribution in [0.2, 0.25) is 0 Å². The highest BCUT2D eigenvalue weighted by molar-refractivity contribution is 9.10. The molecule has 1 unspecified atom stereocenters. The Balaban J connectivity index is 2.43. The van der Waals surface area contributed by atoms with Gasteiger partial charge in [-0.05, 0) is 42.3 Å². The van der Waals surface area contributed by atoms with Crippen LogP contribution in [0.3, 0.4) is 0 Å². The number of ether oxygens (including phenoxy) is 1. The van der Waals surface area contributed by atoms with Crippen LogP contribution < -0.4 is 10.1 Å². The maximum atomic E-state index is 5.34. The molecule has 0 spiro atoms. The summed E-state index contributed by atoms with van der Waals surface area (Å²) in [4.78, 5) is 0. The van der Waals surface area contributed by atoms with E-state index in [2.05, 4.69) is 65.4 Å². The third-order valence-corrected chi connectivity index (χ3v) is 4.10. The molecule has 0 fully saturated rings. The molecule has 0 bridgehead atoms. The van der Waals surface area contributed by atoms with Crippen LogP contribution in [0.25, 0.3) is 0 Å². The lowest BCUT2D eigenvalue weighted by Gasteiger charge is -2.21. The summed E-state index contributed by atoms with van der Waals surface area (Å²) < 4.78 is 6.46. The summed E-state index contributed by atoms with van der Waals surface area (Å²) in [6.07, 6.45) is 0. The van der Waals surface area contributed by atoms with Gasteiger partial charge in [-0.25, -0.2) is 0 Å². The van der Waals surface area contributed by atoms with Crippen molar-refractivity contribution in [1.29, 1.82) is 0 Å². The Bertz CT molecular complexity index is 583. The molecular formula is C17H20BrNO. The Kier molecular flexibility index (Phi) is 5.21. The second-order valence-corrected chi connectivity index (χ2v) is 5.60. The lowest BCUT2D eigenvalue weighted by Crippen LogP contribution is -2.22. The van der Waals surface area contributed by atoms with Gasteiger partial charge in [0, 0.05) is 4.47 Å². The second kappa shape index (κ2) is 6.91. The van der Waals surface area contributed by atoms with Crippen molar-refractivity contribution in [3.05, 3.63) is 63.6 Å². The van der Waals surface area contributed by atoms with Crippen LogP contribution in [0.5, 0.6) is 5.75 Å². The molecule has 1 atom stereocenters. The molecule has 3 heteroatoms. The van der Waals surface area contributed by atoms with Crippen molar-refractivity contribution < 1.29 is 4.74 Å². The first kappa shape index (κ1) is 15.1. The molecular weight excluding hydrogens is 314 g/mol. The number of hydrogen-bond acceptors (Lipinski definition) is 2. The standard InChI is InChI=1S/C17H20BrNO/c1-4-19-17(14-7-5-6-8-15(14)18)13-9-10-16(20-3)12(2)11-13/h5-11,17,19H,4H2,1-3H3. The molecule has 0 radical (unpaired) electrons. The van der Waals surface area contributed by atoms with Gasteiger partial charge in [0.1, 0.15) is 5.75 Å². The van der Waals surface area contributed by atoms with Crippen molar-refractivity contribution in [2.75, 3.05) is 13.7 Å². The number of aryl methyl sites for hydroxylation is 1. The smallest absolute Gasteiger partial charge is 0.121 e. The maximum Gasteiger partial charge on any atom is 0.121 e. The van der Waals surface area contributed by atoms with E-state index in [0.717, 1.165) is 22.3 Å². The minimum absolute atomic E-state index is 0.181. The van der Waals surface area contributed by atoms with Gasteiger partial charge in [-0.15, -0.1) is 0 Å². The molecule has 2 rings (SSSR count). The lowest BCUT2D eigenvalue weighted by molar-refractivity contribution is 0.411. The van der Waals surface area contributed by atoms with E-state index in [0.29, 0.717) is 0 Å². The van der Waals surface area contributed by atoms with Gasteiger partial charge in [0.2, 0.25) is 0 Å². The van der Waals surface area contributed by atoms with E-state index < -0.39 is 0 Å². The zero-order valence-electron chi connectivity index (χ0n) is 12.1. The normalized spacial score (nSPS) is 12.2. The van der Waals surface area contributed by atoms with Gasteiger partial charge >= 0.3 is 0 Å². The van der Waals surface area contributed by atoms with E-state index in [1.807, 2.05) is 12.1 Å². The van der Waals surface area contributed by atoms with Gasteiger partial charge < -0.3 is 10.1 Å². The summed E-state index contributed by atoms with van der Waals surface area (Å²) in [5.74, 6) is 0.927. The molecule has 20 heavy (non-hydrogen) atoms. The van der Waals surface area contributed by atoms with Gasteiger partial charge in [-0.1, -0.05) is 53.2 Å². The Morgan fingerprint density at radius 3 is 2.55 bits per heavy atom.